The molecule has 0 bridgehead atoms. The SMILES string of the molecule is C#CC(=O)Nc1ccc(N2CCCC(OC)C2)cc1. The molecule has 0 aromatic heterocycles. The molecule has 4 nitrogen and oxygen atoms in total. The maximum atomic E-state index is 11.1. The fourth-order valence-corrected chi connectivity index (χ4v) is 2.29. The Hall–Kier alpha value is -1.99. The quantitative estimate of drug-likeness (QED) is 0.842. The summed E-state index contributed by atoms with van der Waals surface area (Å²) in [6.07, 6.45) is 7.56. The summed E-state index contributed by atoms with van der Waals surface area (Å²) < 4.78 is 5.41. The summed E-state index contributed by atoms with van der Waals surface area (Å²) in [7, 11) is 1.76. The summed E-state index contributed by atoms with van der Waals surface area (Å²) in [4.78, 5) is 13.4. The maximum Gasteiger partial charge on any atom is 0.300 e. The van der Waals surface area contributed by atoms with Crippen LogP contribution in [0.2, 0.25) is 0 Å². The first kappa shape index (κ1) is 13.4. The second-order valence-electron chi connectivity index (χ2n) is 4.59. The number of terminal acetylenes is 1. The van der Waals surface area contributed by atoms with Crippen LogP contribution in [0, 0.1) is 12.3 Å². The van der Waals surface area contributed by atoms with Crippen molar-refractivity contribution in [1.82, 2.24) is 0 Å². The number of amides is 1. The molecule has 1 saturated heterocycles. The minimum Gasteiger partial charge on any atom is -0.380 e. The maximum absolute atomic E-state index is 11.1. The van der Waals surface area contributed by atoms with Gasteiger partial charge in [0.2, 0.25) is 0 Å². The monoisotopic (exact) mass is 258 g/mol. The Labute approximate surface area is 113 Å². The van der Waals surface area contributed by atoms with Gasteiger partial charge < -0.3 is 15.0 Å². The highest BCUT2D eigenvalue weighted by Crippen LogP contribution is 2.22. The Morgan fingerprint density at radius 1 is 1.47 bits per heavy atom. The first-order valence-electron chi connectivity index (χ1n) is 6.38. The first-order valence-corrected chi connectivity index (χ1v) is 6.38. The van der Waals surface area contributed by atoms with E-state index in [1.54, 1.807) is 7.11 Å². The average molecular weight is 258 g/mol. The van der Waals surface area contributed by atoms with E-state index in [-0.39, 0.29) is 0 Å². The number of piperidine rings is 1. The van der Waals surface area contributed by atoms with Crippen LogP contribution in [0.5, 0.6) is 0 Å². The van der Waals surface area contributed by atoms with Gasteiger partial charge in [0.15, 0.2) is 0 Å². The number of ether oxygens (including phenoxy) is 1. The van der Waals surface area contributed by atoms with Crippen LogP contribution in [0.3, 0.4) is 0 Å². The van der Waals surface area contributed by atoms with Crippen LogP contribution < -0.4 is 10.2 Å². The van der Waals surface area contributed by atoms with Crippen LogP contribution in [-0.4, -0.2) is 32.2 Å². The Balaban J connectivity index is 2.02. The van der Waals surface area contributed by atoms with Gasteiger partial charge in [0, 0.05) is 31.6 Å². The van der Waals surface area contributed by atoms with Crippen LogP contribution >= 0.6 is 0 Å². The van der Waals surface area contributed by atoms with E-state index >= 15 is 0 Å². The number of nitrogens with zero attached hydrogens (tertiary/aromatic N) is 1. The summed E-state index contributed by atoms with van der Waals surface area (Å²) in [5.41, 5.74) is 1.85. The van der Waals surface area contributed by atoms with Crippen molar-refractivity contribution in [3.05, 3.63) is 24.3 Å². The van der Waals surface area contributed by atoms with Gasteiger partial charge in [-0.3, -0.25) is 4.79 Å². The van der Waals surface area contributed by atoms with Gasteiger partial charge >= 0.3 is 0 Å². The average Bonchev–Trinajstić information content (AvgIpc) is 2.48. The Morgan fingerprint density at radius 2 is 2.21 bits per heavy atom. The Morgan fingerprint density at radius 3 is 2.84 bits per heavy atom. The van der Waals surface area contributed by atoms with E-state index in [1.807, 2.05) is 30.2 Å². The van der Waals surface area contributed by atoms with E-state index < -0.39 is 5.91 Å². The standard InChI is InChI=1S/C15H18N2O2/c1-3-15(18)16-12-6-8-13(9-7-12)17-10-4-5-14(11-17)19-2/h1,6-9,14H,4-5,10-11H2,2H3,(H,16,18). The lowest BCUT2D eigenvalue weighted by Gasteiger charge is -2.33. The zero-order valence-electron chi connectivity index (χ0n) is 11.1. The number of nitrogens with one attached hydrogen (secondary N) is 1. The van der Waals surface area contributed by atoms with Crippen LogP contribution in [0.1, 0.15) is 12.8 Å². The van der Waals surface area contributed by atoms with Crippen LogP contribution in [0.4, 0.5) is 11.4 Å². The zero-order chi connectivity index (χ0) is 13.7. The van der Waals surface area contributed by atoms with Crippen molar-refractivity contribution in [2.75, 3.05) is 30.4 Å². The fraction of sp³-hybridized carbons (Fsp3) is 0.400. The van der Waals surface area contributed by atoms with E-state index in [4.69, 9.17) is 11.2 Å². The molecule has 1 aromatic rings. The Bertz CT molecular complexity index is 476. The fourth-order valence-electron chi connectivity index (χ4n) is 2.29. The highest BCUT2D eigenvalue weighted by atomic mass is 16.5. The molecular formula is C15H18N2O2. The van der Waals surface area contributed by atoms with Crippen molar-refractivity contribution in [3.8, 4) is 12.3 Å². The molecule has 1 fully saturated rings. The summed E-state index contributed by atoms with van der Waals surface area (Å²) >= 11 is 0. The van der Waals surface area contributed by atoms with Crippen molar-refractivity contribution < 1.29 is 9.53 Å². The van der Waals surface area contributed by atoms with Crippen LogP contribution in [0.15, 0.2) is 24.3 Å². The van der Waals surface area contributed by atoms with E-state index in [0.29, 0.717) is 11.8 Å². The number of hydrogen-bond acceptors (Lipinski definition) is 3. The molecule has 2 rings (SSSR count). The molecule has 0 aliphatic carbocycles. The minimum atomic E-state index is -0.426. The zero-order valence-corrected chi connectivity index (χ0v) is 11.1. The summed E-state index contributed by atoms with van der Waals surface area (Å²) in [6, 6.07) is 7.70. The van der Waals surface area contributed by atoms with E-state index in [0.717, 1.165) is 31.6 Å². The second-order valence-corrected chi connectivity index (χ2v) is 4.59. The Kier molecular flexibility index (Phi) is 4.43. The number of hydrogen-bond donors (Lipinski definition) is 1. The smallest absolute Gasteiger partial charge is 0.300 e. The molecule has 19 heavy (non-hydrogen) atoms. The third kappa shape index (κ3) is 3.49. The lowest BCUT2D eigenvalue weighted by atomic mass is 10.1. The molecule has 1 aromatic carbocycles. The highest BCUT2D eigenvalue weighted by Gasteiger charge is 2.19. The predicted molar refractivity (Wildman–Crippen MR) is 76.1 cm³/mol. The highest BCUT2D eigenvalue weighted by molar-refractivity contribution is 6.03. The molecule has 0 saturated carbocycles. The van der Waals surface area contributed by atoms with Crippen molar-refractivity contribution in [2.24, 2.45) is 0 Å². The molecule has 1 amide bonds. The number of carbonyl (C=O) groups excluding carboxylic acids is 1. The molecular weight excluding hydrogens is 240 g/mol. The van der Waals surface area contributed by atoms with Crippen molar-refractivity contribution in [3.63, 3.8) is 0 Å². The van der Waals surface area contributed by atoms with E-state index in [2.05, 4.69) is 10.2 Å². The van der Waals surface area contributed by atoms with Crippen LogP contribution in [0.25, 0.3) is 0 Å². The molecule has 0 spiro atoms. The largest absolute Gasteiger partial charge is 0.380 e. The molecule has 4 heteroatoms. The van der Waals surface area contributed by atoms with Crippen molar-refractivity contribution in [2.45, 2.75) is 18.9 Å². The van der Waals surface area contributed by atoms with Gasteiger partial charge in [-0.25, -0.2) is 0 Å². The topological polar surface area (TPSA) is 41.6 Å². The normalized spacial score (nSPS) is 18.7. The number of carbonyl (C=O) groups is 1. The molecule has 0 radical (unpaired) electrons. The predicted octanol–water partition coefficient (Wildman–Crippen LogP) is 1.87. The van der Waals surface area contributed by atoms with Crippen molar-refractivity contribution >= 4 is 17.3 Å². The molecule has 1 aliphatic rings. The first-order chi connectivity index (χ1) is 9.22. The molecule has 1 unspecified atom stereocenters. The van der Waals surface area contributed by atoms with Gasteiger partial charge in [0.25, 0.3) is 5.91 Å². The van der Waals surface area contributed by atoms with Gasteiger partial charge in [-0.2, -0.15) is 0 Å². The summed E-state index contributed by atoms with van der Waals surface area (Å²) in [5, 5.41) is 2.62. The summed E-state index contributed by atoms with van der Waals surface area (Å²) in [6.45, 7) is 1.95. The molecule has 1 heterocycles. The van der Waals surface area contributed by atoms with E-state index in [1.165, 1.54) is 0 Å². The molecule has 100 valence electrons. The molecule has 1 N–H and O–H groups in total. The third-order valence-electron chi connectivity index (χ3n) is 3.33. The van der Waals surface area contributed by atoms with Gasteiger partial charge in [0.1, 0.15) is 0 Å². The number of benzene rings is 1. The van der Waals surface area contributed by atoms with E-state index in [9.17, 15) is 4.79 Å². The number of anilines is 2. The minimum absolute atomic E-state index is 0.301. The van der Waals surface area contributed by atoms with Gasteiger partial charge in [-0.15, -0.1) is 6.42 Å². The lowest BCUT2D eigenvalue weighted by molar-refractivity contribution is -0.111. The number of methoxy groups -OCH3 is 1. The van der Waals surface area contributed by atoms with Crippen molar-refractivity contribution in [1.29, 1.82) is 0 Å². The lowest BCUT2D eigenvalue weighted by Crippen LogP contribution is -2.39. The third-order valence-corrected chi connectivity index (χ3v) is 3.33. The van der Waals surface area contributed by atoms with Gasteiger partial charge in [0.05, 0.1) is 6.10 Å². The molecule has 1 aliphatic heterocycles. The second kappa shape index (κ2) is 6.26. The molecule has 1 atom stereocenters. The van der Waals surface area contributed by atoms with Gasteiger partial charge in [-0.05, 0) is 43.0 Å². The van der Waals surface area contributed by atoms with Crippen LogP contribution in [-0.2, 0) is 9.53 Å². The number of rotatable bonds is 3. The van der Waals surface area contributed by atoms with Gasteiger partial charge in [-0.1, -0.05) is 0 Å². The summed E-state index contributed by atoms with van der Waals surface area (Å²) in [5.74, 6) is 1.60.